The van der Waals surface area contributed by atoms with Crippen LogP contribution >= 0.6 is 0 Å². The van der Waals surface area contributed by atoms with Gasteiger partial charge in [-0.1, -0.05) is 0 Å². The summed E-state index contributed by atoms with van der Waals surface area (Å²) in [4.78, 5) is 38.7. The molecule has 0 aliphatic heterocycles. The number of hydrogen-bond acceptors (Lipinski definition) is 8. The zero-order chi connectivity index (χ0) is 26.5. The Hall–Kier alpha value is -5.11. The maximum Gasteiger partial charge on any atom is 0.338 e. The lowest BCUT2D eigenvalue weighted by Gasteiger charge is -2.12. The SMILES string of the molecule is COc1ccc(-c2nc3ccc(C(=O)OCC(=O)c4cccnc4)cc3nc2-c2ccc(OC)cc2)cc1. The van der Waals surface area contributed by atoms with Crippen LogP contribution in [0.25, 0.3) is 33.5 Å². The first-order valence-corrected chi connectivity index (χ1v) is 11.8. The van der Waals surface area contributed by atoms with E-state index >= 15 is 0 Å². The van der Waals surface area contributed by atoms with Crippen LogP contribution in [0.3, 0.4) is 0 Å². The second-order valence-corrected chi connectivity index (χ2v) is 8.32. The maximum atomic E-state index is 12.7. The van der Waals surface area contributed by atoms with Crippen molar-refractivity contribution in [1.82, 2.24) is 15.0 Å². The molecule has 0 fully saturated rings. The zero-order valence-electron chi connectivity index (χ0n) is 20.8. The quantitative estimate of drug-likeness (QED) is 0.204. The van der Waals surface area contributed by atoms with Gasteiger partial charge in [0.2, 0.25) is 5.78 Å². The second kappa shape index (κ2) is 10.9. The number of aromatic nitrogens is 3. The Bertz CT molecular complexity index is 1600. The van der Waals surface area contributed by atoms with Gasteiger partial charge in [0.15, 0.2) is 6.61 Å². The Morgan fingerprint density at radius 2 is 1.32 bits per heavy atom. The number of hydrogen-bond donors (Lipinski definition) is 0. The first-order chi connectivity index (χ1) is 18.6. The molecule has 0 bridgehead atoms. The molecule has 0 N–H and O–H groups in total. The van der Waals surface area contributed by atoms with Crippen molar-refractivity contribution in [2.45, 2.75) is 0 Å². The number of carbonyl (C=O) groups is 2. The standard InChI is InChI=1S/C30H23N3O5/c1-36-23-10-5-19(6-11-23)28-29(20-7-12-24(37-2)13-8-20)33-26-16-21(9-14-25(26)32-28)30(35)38-18-27(34)22-4-3-15-31-17-22/h3-17H,18H2,1-2H3. The molecule has 3 aromatic carbocycles. The summed E-state index contributed by atoms with van der Waals surface area (Å²) in [5.74, 6) is 0.493. The molecule has 2 aromatic heterocycles. The Labute approximate surface area is 218 Å². The first-order valence-electron chi connectivity index (χ1n) is 11.8. The molecule has 0 spiro atoms. The fraction of sp³-hybridized carbons (Fsp3) is 0.100. The molecule has 38 heavy (non-hydrogen) atoms. The highest BCUT2D eigenvalue weighted by Crippen LogP contribution is 2.33. The molecule has 0 atom stereocenters. The molecule has 5 rings (SSSR count). The molecule has 0 amide bonds. The first kappa shape index (κ1) is 24.6. The van der Waals surface area contributed by atoms with Crippen molar-refractivity contribution in [2.75, 3.05) is 20.8 Å². The average Bonchev–Trinajstić information content (AvgIpc) is 2.99. The second-order valence-electron chi connectivity index (χ2n) is 8.32. The highest BCUT2D eigenvalue weighted by molar-refractivity contribution is 6.00. The number of ketones is 1. The van der Waals surface area contributed by atoms with Crippen LogP contribution in [-0.2, 0) is 4.74 Å². The van der Waals surface area contributed by atoms with Crippen LogP contribution in [0.4, 0.5) is 0 Å². The molecule has 0 aliphatic rings. The molecule has 8 heteroatoms. The van der Waals surface area contributed by atoms with E-state index < -0.39 is 5.97 Å². The lowest BCUT2D eigenvalue weighted by Crippen LogP contribution is -2.14. The number of pyridine rings is 1. The number of fused-ring (bicyclic) bond motifs is 1. The number of nitrogens with zero attached hydrogens (tertiary/aromatic N) is 3. The monoisotopic (exact) mass is 505 g/mol. The van der Waals surface area contributed by atoms with Gasteiger partial charge in [-0.05, 0) is 78.9 Å². The van der Waals surface area contributed by atoms with Crippen LogP contribution in [0.15, 0.2) is 91.3 Å². The van der Waals surface area contributed by atoms with Crippen LogP contribution < -0.4 is 9.47 Å². The van der Waals surface area contributed by atoms with E-state index in [1.165, 1.54) is 6.20 Å². The van der Waals surface area contributed by atoms with Crippen molar-refractivity contribution < 1.29 is 23.8 Å². The van der Waals surface area contributed by atoms with Crippen molar-refractivity contribution in [3.63, 3.8) is 0 Å². The van der Waals surface area contributed by atoms with E-state index in [2.05, 4.69) is 4.98 Å². The Morgan fingerprint density at radius 3 is 1.87 bits per heavy atom. The third kappa shape index (κ3) is 5.19. The van der Waals surface area contributed by atoms with Crippen LogP contribution in [0, 0.1) is 0 Å². The van der Waals surface area contributed by atoms with Gasteiger partial charge in [-0.3, -0.25) is 9.78 Å². The van der Waals surface area contributed by atoms with Gasteiger partial charge in [-0.25, -0.2) is 14.8 Å². The molecule has 0 radical (unpaired) electrons. The third-order valence-electron chi connectivity index (χ3n) is 5.94. The number of esters is 1. The molecule has 0 saturated heterocycles. The fourth-order valence-corrected chi connectivity index (χ4v) is 3.91. The third-order valence-corrected chi connectivity index (χ3v) is 5.94. The average molecular weight is 506 g/mol. The van der Waals surface area contributed by atoms with Gasteiger partial charge in [0.1, 0.15) is 11.5 Å². The number of ether oxygens (including phenoxy) is 3. The molecule has 0 unspecified atom stereocenters. The van der Waals surface area contributed by atoms with E-state index in [1.807, 2.05) is 48.5 Å². The van der Waals surface area contributed by atoms with Crippen molar-refractivity contribution >= 4 is 22.8 Å². The summed E-state index contributed by atoms with van der Waals surface area (Å²) >= 11 is 0. The highest BCUT2D eigenvalue weighted by Gasteiger charge is 2.17. The maximum absolute atomic E-state index is 12.7. The minimum atomic E-state index is -0.629. The van der Waals surface area contributed by atoms with E-state index in [9.17, 15) is 9.59 Å². The topological polar surface area (TPSA) is 101 Å². The lowest BCUT2D eigenvalue weighted by atomic mass is 10.0. The summed E-state index contributed by atoms with van der Waals surface area (Å²) in [6, 6.07) is 23.3. The summed E-state index contributed by atoms with van der Waals surface area (Å²) < 4.78 is 15.8. The number of methoxy groups -OCH3 is 2. The Morgan fingerprint density at radius 1 is 0.711 bits per heavy atom. The molecule has 5 aromatic rings. The highest BCUT2D eigenvalue weighted by atomic mass is 16.5. The predicted molar refractivity (Wildman–Crippen MR) is 142 cm³/mol. The van der Waals surface area contributed by atoms with Gasteiger partial charge in [0.25, 0.3) is 0 Å². The number of carbonyl (C=O) groups excluding carboxylic acids is 2. The summed E-state index contributed by atoms with van der Waals surface area (Å²) in [6.45, 7) is -0.387. The van der Waals surface area contributed by atoms with Crippen LogP contribution in [0.2, 0.25) is 0 Å². The van der Waals surface area contributed by atoms with Gasteiger partial charge in [0, 0.05) is 29.1 Å². The van der Waals surface area contributed by atoms with Crippen LogP contribution in [-0.4, -0.2) is 47.5 Å². The van der Waals surface area contributed by atoms with Crippen molar-refractivity contribution in [2.24, 2.45) is 0 Å². The summed E-state index contributed by atoms with van der Waals surface area (Å²) in [5.41, 5.74) is 4.79. The van der Waals surface area contributed by atoms with Crippen LogP contribution in [0.5, 0.6) is 11.5 Å². The summed E-state index contributed by atoms with van der Waals surface area (Å²) in [7, 11) is 3.23. The van der Waals surface area contributed by atoms with Gasteiger partial charge in [-0.2, -0.15) is 0 Å². The largest absolute Gasteiger partial charge is 0.497 e. The summed E-state index contributed by atoms with van der Waals surface area (Å²) in [5, 5.41) is 0. The van der Waals surface area contributed by atoms with Gasteiger partial charge in [-0.15, -0.1) is 0 Å². The van der Waals surface area contributed by atoms with E-state index in [0.717, 1.165) is 22.6 Å². The Balaban J connectivity index is 1.50. The molecule has 0 aliphatic carbocycles. The normalized spacial score (nSPS) is 10.7. The molecular formula is C30H23N3O5. The number of Topliss-reactive ketones (excluding diaryl/α,β-unsaturated/α-hetero) is 1. The molecule has 8 nitrogen and oxygen atoms in total. The molecule has 0 saturated carbocycles. The van der Waals surface area contributed by atoms with Crippen molar-refractivity contribution in [1.29, 1.82) is 0 Å². The molecule has 188 valence electrons. The van der Waals surface area contributed by atoms with Gasteiger partial charge < -0.3 is 14.2 Å². The van der Waals surface area contributed by atoms with Gasteiger partial charge in [0.05, 0.1) is 42.2 Å². The number of rotatable bonds is 8. The lowest BCUT2D eigenvalue weighted by molar-refractivity contribution is 0.0475. The van der Waals surface area contributed by atoms with Crippen molar-refractivity contribution in [3.8, 4) is 34.0 Å². The van der Waals surface area contributed by atoms with Crippen LogP contribution in [0.1, 0.15) is 20.7 Å². The van der Waals surface area contributed by atoms with E-state index in [-0.39, 0.29) is 18.0 Å². The number of benzene rings is 3. The summed E-state index contributed by atoms with van der Waals surface area (Å²) in [6.07, 6.45) is 3.00. The Kier molecular flexibility index (Phi) is 7.04. The molecular weight excluding hydrogens is 482 g/mol. The van der Waals surface area contributed by atoms with Gasteiger partial charge >= 0.3 is 5.97 Å². The van der Waals surface area contributed by atoms with Crippen molar-refractivity contribution in [3.05, 3.63) is 102 Å². The van der Waals surface area contributed by atoms with E-state index in [0.29, 0.717) is 28.0 Å². The van der Waals surface area contributed by atoms with E-state index in [4.69, 9.17) is 24.2 Å². The molecule has 2 heterocycles. The van der Waals surface area contributed by atoms with E-state index in [1.54, 1.807) is 50.7 Å². The predicted octanol–water partition coefficient (Wildman–Crippen LogP) is 5.42. The fourth-order valence-electron chi connectivity index (χ4n) is 3.91. The minimum absolute atomic E-state index is 0.267. The smallest absolute Gasteiger partial charge is 0.338 e. The minimum Gasteiger partial charge on any atom is -0.497 e. The zero-order valence-corrected chi connectivity index (χ0v) is 20.8.